The highest BCUT2D eigenvalue weighted by atomic mass is 16.5. The minimum absolute atomic E-state index is 0.0895. The Morgan fingerprint density at radius 1 is 1.47 bits per heavy atom. The van der Waals surface area contributed by atoms with Gasteiger partial charge in [0.2, 0.25) is 0 Å². The Kier molecular flexibility index (Phi) is 4.57. The third-order valence-corrected chi connectivity index (χ3v) is 2.50. The monoisotopic (exact) mass is 266 g/mol. The van der Waals surface area contributed by atoms with Crippen LogP contribution in [0, 0.1) is 0 Å². The first-order chi connectivity index (χ1) is 8.89. The zero-order valence-electron chi connectivity index (χ0n) is 11.1. The molecule has 2 amide bonds. The lowest BCUT2D eigenvalue weighted by Crippen LogP contribution is -2.54. The van der Waals surface area contributed by atoms with Crippen molar-refractivity contribution in [2.45, 2.75) is 19.4 Å². The second-order valence-electron chi connectivity index (χ2n) is 4.42. The SMILES string of the molecule is COc1cccc(NC(=O)NC(C)(C)/C(N)=N/O)c1. The molecule has 7 heteroatoms. The number of benzene rings is 1. The highest BCUT2D eigenvalue weighted by Gasteiger charge is 2.25. The Labute approximate surface area is 111 Å². The largest absolute Gasteiger partial charge is 0.497 e. The molecule has 0 heterocycles. The molecule has 7 nitrogen and oxygen atoms in total. The van der Waals surface area contributed by atoms with Gasteiger partial charge in [-0.1, -0.05) is 11.2 Å². The van der Waals surface area contributed by atoms with E-state index in [0.29, 0.717) is 11.4 Å². The molecule has 0 unspecified atom stereocenters. The van der Waals surface area contributed by atoms with Gasteiger partial charge in [0.1, 0.15) is 5.75 Å². The highest BCUT2D eigenvalue weighted by molar-refractivity contribution is 5.96. The predicted molar refractivity (Wildman–Crippen MR) is 72.6 cm³/mol. The van der Waals surface area contributed by atoms with E-state index in [-0.39, 0.29) is 5.84 Å². The smallest absolute Gasteiger partial charge is 0.320 e. The third-order valence-electron chi connectivity index (χ3n) is 2.50. The lowest BCUT2D eigenvalue weighted by molar-refractivity contribution is 0.246. The van der Waals surface area contributed by atoms with Crippen LogP contribution in [0.2, 0.25) is 0 Å². The standard InChI is InChI=1S/C12H18N4O3/c1-12(2,10(13)16-18)15-11(17)14-8-5-4-6-9(7-8)19-3/h4-7,18H,1-3H3,(H2,13,16)(H2,14,15,17). The average Bonchev–Trinajstić information content (AvgIpc) is 2.37. The van der Waals surface area contributed by atoms with Gasteiger partial charge >= 0.3 is 6.03 Å². The van der Waals surface area contributed by atoms with Gasteiger partial charge in [0.25, 0.3) is 0 Å². The number of hydrogen-bond acceptors (Lipinski definition) is 4. The molecule has 0 saturated heterocycles. The van der Waals surface area contributed by atoms with Crippen LogP contribution in [0.1, 0.15) is 13.8 Å². The zero-order valence-corrected chi connectivity index (χ0v) is 11.1. The molecule has 0 atom stereocenters. The van der Waals surface area contributed by atoms with Crippen LogP contribution in [0.15, 0.2) is 29.4 Å². The van der Waals surface area contributed by atoms with Gasteiger partial charge in [-0.2, -0.15) is 0 Å². The maximum atomic E-state index is 11.8. The molecule has 0 bridgehead atoms. The van der Waals surface area contributed by atoms with E-state index in [9.17, 15) is 4.79 Å². The van der Waals surface area contributed by atoms with Gasteiger partial charge in [-0.3, -0.25) is 0 Å². The van der Waals surface area contributed by atoms with Crippen LogP contribution < -0.4 is 21.1 Å². The number of nitrogens with one attached hydrogen (secondary N) is 2. The minimum atomic E-state index is -0.961. The number of methoxy groups -OCH3 is 1. The summed E-state index contributed by atoms with van der Waals surface area (Å²) >= 11 is 0. The van der Waals surface area contributed by atoms with Crippen molar-refractivity contribution in [3.8, 4) is 5.75 Å². The van der Waals surface area contributed by atoms with Crippen molar-refractivity contribution in [1.82, 2.24) is 5.32 Å². The van der Waals surface area contributed by atoms with E-state index in [0.717, 1.165) is 0 Å². The highest BCUT2D eigenvalue weighted by Crippen LogP contribution is 2.16. The normalized spacial score (nSPS) is 11.8. The molecule has 1 aromatic carbocycles. The molecule has 0 radical (unpaired) electrons. The Balaban J connectivity index is 2.70. The number of carbonyl (C=O) groups excluding carboxylic acids is 1. The number of nitrogens with two attached hydrogens (primary N) is 1. The summed E-state index contributed by atoms with van der Waals surface area (Å²) in [7, 11) is 1.54. The second-order valence-corrected chi connectivity index (χ2v) is 4.42. The number of amides is 2. The maximum absolute atomic E-state index is 11.8. The molecule has 19 heavy (non-hydrogen) atoms. The molecule has 1 rings (SSSR count). The van der Waals surface area contributed by atoms with Gasteiger partial charge < -0.3 is 26.3 Å². The summed E-state index contributed by atoms with van der Waals surface area (Å²) in [5.41, 5.74) is 5.09. The first kappa shape index (κ1) is 14.6. The van der Waals surface area contributed by atoms with Gasteiger partial charge in [-0.25, -0.2) is 4.79 Å². The summed E-state index contributed by atoms with van der Waals surface area (Å²) in [6.07, 6.45) is 0. The summed E-state index contributed by atoms with van der Waals surface area (Å²) in [5, 5.41) is 16.7. The summed E-state index contributed by atoms with van der Waals surface area (Å²) in [6.45, 7) is 3.24. The molecule has 0 fully saturated rings. The number of carbonyl (C=O) groups is 1. The quantitative estimate of drug-likeness (QED) is 0.285. The van der Waals surface area contributed by atoms with Crippen LogP contribution in [0.3, 0.4) is 0 Å². The van der Waals surface area contributed by atoms with Crippen molar-refractivity contribution < 1.29 is 14.7 Å². The van der Waals surface area contributed by atoms with Crippen LogP contribution in [0.4, 0.5) is 10.5 Å². The van der Waals surface area contributed by atoms with Crippen molar-refractivity contribution in [2.75, 3.05) is 12.4 Å². The molecule has 5 N–H and O–H groups in total. The summed E-state index contributed by atoms with van der Waals surface area (Å²) in [6, 6.07) is 6.45. The Morgan fingerprint density at radius 2 is 2.16 bits per heavy atom. The molecule has 0 aliphatic carbocycles. The van der Waals surface area contributed by atoms with Crippen LogP contribution in [-0.4, -0.2) is 29.7 Å². The lowest BCUT2D eigenvalue weighted by Gasteiger charge is -2.24. The number of hydrogen-bond donors (Lipinski definition) is 4. The van der Waals surface area contributed by atoms with Gasteiger partial charge in [0, 0.05) is 11.8 Å². The van der Waals surface area contributed by atoms with E-state index in [4.69, 9.17) is 15.7 Å². The minimum Gasteiger partial charge on any atom is -0.497 e. The predicted octanol–water partition coefficient (Wildman–Crippen LogP) is 1.34. The second kappa shape index (κ2) is 5.94. The number of anilines is 1. The topological polar surface area (TPSA) is 109 Å². The Morgan fingerprint density at radius 3 is 2.74 bits per heavy atom. The number of ether oxygens (including phenoxy) is 1. The molecule has 104 valence electrons. The van der Waals surface area contributed by atoms with Crippen molar-refractivity contribution in [2.24, 2.45) is 10.9 Å². The average molecular weight is 266 g/mol. The van der Waals surface area contributed by atoms with Gasteiger partial charge in [0.15, 0.2) is 5.84 Å². The third kappa shape index (κ3) is 4.06. The van der Waals surface area contributed by atoms with Gasteiger partial charge in [-0.15, -0.1) is 0 Å². The van der Waals surface area contributed by atoms with E-state index in [1.165, 1.54) is 0 Å². The molecule has 0 saturated carbocycles. The van der Waals surface area contributed by atoms with Crippen LogP contribution >= 0.6 is 0 Å². The number of oxime groups is 1. The number of amidine groups is 1. The van der Waals surface area contributed by atoms with Crippen molar-refractivity contribution in [3.05, 3.63) is 24.3 Å². The summed E-state index contributed by atoms with van der Waals surface area (Å²) < 4.78 is 5.05. The summed E-state index contributed by atoms with van der Waals surface area (Å²) in [5.74, 6) is 0.543. The van der Waals surface area contributed by atoms with Crippen LogP contribution in [0.25, 0.3) is 0 Å². The van der Waals surface area contributed by atoms with E-state index >= 15 is 0 Å². The fourth-order valence-corrected chi connectivity index (χ4v) is 1.34. The Hall–Kier alpha value is -2.44. The van der Waals surface area contributed by atoms with E-state index in [2.05, 4.69) is 15.8 Å². The molecule has 0 aliphatic heterocycles. The first-order valence-corrected chi connectivity index (χ1v) is 5.60. The first-order valence-electron chi connectivity index (χ1n) is 5.60. The Bertz CT molecular complexity index is 486. The van der Waals surface area contributed by atoms with E-state index in [1.54, 1.807) is 45.2 Å². The molecule has 0 spiro atoms. The molecular formula is C12H18N4O3. The molecular weight excluding hydrogens is 248 g/mol. The van der Waals surface area contributed by atoms with Crippen molar-refractivity contribution >= 4 is 17.6 Å². The number of nitrogens with zero attached hydrogens (tertiary/aromatic N) is 1. The molecule has 0 aromatic heterocycles. The zero-order chi connectivity index (χ0) is 14.5. The number of rotatable bonds is 4. The fourth-order valence-electron chi connectivity index (χ4n) is 1.34. The lowest BCUT2D eigenvalue weighted by atomic mass is 10.1. The van der Waals surface area contributed by atoms with Gasteiger partial charge in [0.05, 0.1) is 12.6 Å². The van der Waals surface area contributed by atoms with E-state index < -0.39 is 11.6 Å². The number of urea groups is 1. The van der Waals surface area contributed by atoms with E-state index in [1.807, 2.05) is 0 Å². The fraction of sp³-hybridized carbons (Fsp3) is 0.333. The van der Waals surface area contributed by atoms with Crippen molar-refractivity contribution in [1.29, 1.82) is 0 Å². The van der Waals surface area contributed by atoms with Gasteiger partial charge in [-0.05, 0) is 26.0 Å². The summed E-state index contributed by atoms with van der Waals surface area (Å²) in [4.78, 5) is 11.8. The molecule has 0 aliphatic rings. The van der Waals surface area contributed by atoms with Crippen molar-refractivity contribution in [3.63, 3.8) is 0 Å². The molecule has 1 aromatic rings. The van der Waals surface area contributed by atoms with Crippen LogP contribution in [-0.2, 0) is 0 Å². The van der Waals surface area contributed by atoms with Crippen LogP contribution in [0.5, 0.6) is 5.75 Å². The maximum Gasteiger partial charge on any atom is 0.320 e.